The number of pyridine rings is 1. The normalized spacial score (nSPS) is 10.0. The summed E-state index contributed by atoms with van der Waals surface area (Å²) >= 11 is 3.36. The number of aryl methyl sites for hydroxylation is 1. The number of carbonyl (C=O) groups is 1. The fourth-order valence-electron chi connectivity index (χ4n) is 1.49. The van der Waals surface area contributed by atoms with Gasteiger partial charge in [0.1, 0.15) is 0 Å². The Balaban J connectivity index is 2.20. The van der Waals surface area contributed by atoms with Crippen LogP contribution in [-0.2, 0) is 0 Å². The van der Waals surface area contributed by atoms with Crippen molar-refractivity contribution in [2.24, 2.45) is 0 Å². The van der Waals surface area contributed by atoms with Crippen LogP contribution in [0.2, 0.25) is 0 Å². The summed E-state index contributed by atoms with van der Waals surface area (Å²) in [6, 6.07) is 11.0. The number of halogens is 1. The van der Waals surface area contributed by atoms with Gasteiger partial charge in [0.05, 0.1) is 5.56 Å². The predicted molar refractivity (Wildman–Crippen MR) is 71.1 cm³/mol. The highest BCUT2D eigenvalue weighted by Gasteiger charge is 2.09. The van der Waals surface area contributed by atoms with Crippen LogP contribution in [-0.4, -0.2) is 10.9 Å². The van der Waals surface area contributed by atoms with Crippen LogP contribution >= 0.6 is 15.9 Å². The third kappa shape index (κ3) is 2.91. The Morgan fingerprint density at radius 1 is 1.29 bits per heavy atom. The van der Waals surface area contributed by atoms with Crippen molar-refractivity contribution in [2.45, 2.75) is 6.92 Å². The van der Waals surface area contributed by atoms with Crippen molar-refractivity contribution in [1.82, 2.24) is 4.98 Å². The fraction of sp³-hybridized carbons (Fsp3) is 0.0769. The lowest BCUT2D eigenvalue weighted by Gasteiger charge is -2.07. The Morgan fingerprint density at radius 2 is 2.12 bits per heavy atom. The van der Waals surface area contributed by atoms with E-state index < -0.39 is 0 Å². The van der Waals surface area contributed by atoms with Gasteiger partial charge in [-0.3, -0.25) is 9.78 Å². The van der Waals surface area contributed by atoms with Gasteiger partial charge in [-0.25, -0.2) is 0 Å². The first-order valence-electron chi connectivity index (χ1n) is 5.15. The Labute approximate surface area is 108 Å². The van der Waals surface area contributed by atoms with Crippen molar-refractivity contribution in [3.05, 3.63) is 58.3 Å². The Bertz CT molecular complexity index is 555. The molecule has 2 aromatic rings. The van der Waals surface area contributed by atoms with Crippen LogP contribution in [0.5, 0.6) is 0 Å². The molecule has 0 spiro atoms. The first-order valence-corrected chi connectivity index (χ1v) is 5.94. The van der Waals surface area contributed by atoms with E-state index in [4.69, 9.17) is 0 Å². The summed E-state index contributed by atoms with van der Waals surface area (Å²) in [5, 5.41) is 2.83. The summed E-state index contributed by atoms with van der Waals surface area (Å²) in [7, 11) is 0. The molecule has 0 saturated heterocycles. The van der Waals surface area contributed by atoms with Crippen molar-refractivity contribution in [1.29, 1.82) is 0 Å². The van der Waals surface area contributed by atoms with E-state index in [2.05, 4.69) is 26.2 Å². The van der Waals surface area contributed by atoms with Gasteiger partial charge < -0.3 is 5.32 Å². The van der Waals surface area contributed by atoms with Gasteiger partial charge in [-0.05, 0) is 37.3 Å². The second-order valence-electron chi connectivity index (χ2n) is 3.60. The van der Waals surface area contributed by atoms with Crippen LogP contribution < -0.4 is 5.32 Å². The summed E-state index contributed by atoms with van der Waals surface area (Å²) < 4.78 is 0.929. The van der Waals surface area contributed by atoms with Crippen LogP contribution in [0.15, 0.2) is 47.1 Å². The Kier molecular flexibility index (Phi) is 3.54. The van der Waals surface area contributed by atoms with Crippen molar-refractivity contribution in [3.8, 4) is 0 Å². The number of amides is 1. The molecule has 1 N–H and O–H groups in total. The van der Waals surface area contributed by atoms with Crippen LogP contribution in [0, 0.1) is 6.92 Å². The smallest absolute Gasteiger partial charge is 0.257 e. The van der Waals surface area contributed by atoms with E-state index in [1.54, 1.807) is 18.3 Å². The Morgan fingerprint density at radius 3 is 2.82 bits per heavy atom. The molecule has 0 aliphatic carbocycles. The molecule has 17 heavy (non-hydrogen) atoms. The zero-order valence-electron chi connectivity index (χ0n) is 9.27. The first-order chi connectivity index (χ1) is 8.16. The van der Waals surface area contributed by atoms with Crippen LogP contribution in [0.1, 0.15) is 16.1 Å². The number of hydrogen-bond donors (Lipinski definition) is 1. The van der Waals surface area contributed by atoms with E-state index >= 15 is 0 Å². The monoisotopic (exact) mass is 290 g/mol. The molecule has 0 fully saturated rings. The van der Waals surface area contributed by atoms with Crippen molar-refractivity contribution in [2.75, 3.05) is 5.32 Å². The molecule has 0 saturated carbocycles. The van der Waals surface area contributed by atoms with E-state index in [9.17, 15) is 4.79 Å². The van der Waals surface area contributed by atoms with E-state index in [0.717, 1.165) is 15.9 Å². The third-order valence-corrected chi connectivity index (χ3v) is 2.83. The highest BCUT2D eigenvalue weighted by molar-refractivity contribution is 9.10. The van der Waals surface area contributed by atoms with Gasteiger partial charge in [0.2, 0.25) is 0 Å². The maximum absolute atomic E-state index is 12.0. The molecule has 0 radical (unpaired) electrons. The number of benzene rings is 1. The largest absolute Gasteiger partial charge is 0.322 e. The molecule has 3 nitrogen and oxygen atoms in total. The average Bonchev–Trinajstić information content (AvgIpc) is 2.29. The van der Waals surface area contributed by atoms with Crippen molar-refractivity contribution >= 4 is 27.5 Å². The predicted octanol–water partition coefficient (Wildman–Crippen LogP) is 3.40. The molecule has 0 atom stereocenters. The van der Waals surface area contributed by atoms with Crippen LogP contribution in [0.3, 0.4) is 0 Å². The quantitative estimate of drug-likeness (QED) is 0.921. The number of carbonyl (C=O) groups excluding carboxylic acids is 1. The standard InChI is InChI=1S/C13H11BrN2O/c1-9-12(6-3-7-15-9)13(17)16-11-5-2-4-10(14)8-11/h2-8H,1H3,(H,16,17). The highest BCUT2D eigenvalue weighted by atomic mass is 79.9. The topological polar surface area (TPSA) is 42.0 Å². The molecular weight excluding hydrogens is 280 g/mol. The van der Waals surface area contributed by atoms with Gasteiger partial charge in [-0.15, -0.1) is 0 Å². The Hall–Kier alpha value is -1.68. The lowest BCUT2D eigenvalue weighted by atomic mass is 10.2. The average molecular weight is 291 g/mol. The number of nitrogens with one attached hydrogen (secondary N) is 1. The maximum atomic E-state index is 12.0. The molecule has 1 heterocycles. The molecule has 86 valence electrons. The number of nitrogens with zero attached hydrogens (tertiary/aromatic N) is 1. The summed E-state index contributed by atoms with van der Waals surface area (Å²) in [5.41, 5.74) is 2.07. The lowest BCUT2D eigenvalue weighted by Crippen LogP contribution is -2.13. The minimum absolute atomic E-state index is 0.145. The summed E-state index contributed by atoms with van der Waals surface area (Å²) in [6.45, 7) is 1.82. The molecule has 0 aliphatic rings. The minimum atomic E-state index is -0.145. The van der Waals surface area contributed by atoms with Gasteiger partial charge in [0.15, 0.2) is 0 Å². The van der Waals surface area contributed by atoms with Crippen molar-refractivity contribution in [3.63, 3.8) is 0 Å². The van der Waals surface area contributed by atoms with E-state index in [1.807, 2.05) is 31.2 Å². The fourth-order valence-corrected chi connectivity index (χ4v) is 1.89. The van der Waals surface area contributed by atoms with E-state index in [1.165, 1.54) is 0 Å². The molecular formula is C13H11BrN2O. The van der Waals surface area contributed by atoms with Crippen LogP contribution in [0.25, 0.3) is 0 Å². The van der Waals surface area contributed by atoms with Gasteiger partial charge in [-0.2, -0.15) is 0 Å². The lowest BCUT2D eigenvalue weighted by molar-refractivity contribution is 0.102. The number of rotatable bonds is 2. The molecule has 0 unspecified atom stereocenters. The van der Waals surface area contributed by atoms with Crippen molar-refractivity contribution < 1.29 is 4.79 Å². The molecule has 1 amide bonds. The summed E-state index contributed by atoms with van der Waals surface area (Å²) in [5.74, 6) is -0.145. The molecule has 0 bridgehead atoms. The minimum Gasteiger partial charge on any atom is -0.322 e. The molecule has 1 aromatic heterocycles. The second kappa shape index (κ2) is 5.10. The molecule has 4 heteroatoms. The van der Waals surface area contributed by atoms with Gasteiger partial charge in [-0.1, -0.05) is 22.0 Å². The molecule has 0 aliphatic heterocycles. The maximum Gasteiger partial charge on any atom is 0.257 e. The van der Waals surface area contributed by atoms with E-state index in [0.29, 0.717) is 5.56 Å². The third-order valence-electron chi connectivity index (χ3n) is 2.33. The van der Waals surface area contributed by atoms with Gasteiger partial charge >= 0.3 is 0 Å². The zero-order chi connectivity index (χ0) is 12.3. The number of hydrogen-bond acceptors (Lipinski definition) is 2. The summed E-state index contributed by atoms with van der Waals surface area (Å²) in [4.78, 5) is 16.1. The SMILES string of the molecule is Cc1ncccc1C(=O)Nc1cccc(Br)c1. The van der Waals surface area contributed by atoms with Gasteiger partial charge in [0.25, 0.3) is 5.91 Å². The zero-order valence-corrected chi connectivity index (χ0v) is 10.9. The second-order valence-corrected chi connectivity index (χ2v) is 4.52. The summed E-state index contributed by atoms with van der Waals surface area (Å²) in [6.07, 6.45) is 1.67. The number of anilines is 1. The van der Waals surface area contributed by atoms with Crippen LogP contribution in [0.4, 0.5) is 5.69 Å². The van der Waals surface area contributed by atoms with Gasteiger partial charge in [0, 0.05) is 22.1 Å². The number of aromatic nitrogens is 1. The molecule has 2 rings (SSSR count). The highest BCUT2D eigenvalue weighted by Crippen LogP contribution is 2.16. The molecule has 1 aromatic carbocycles. The first kappa shape index (κ1) is 11.8. The van der Waals surface area contributed by atoms with E-state index in [-0.39, 0.29) is 5.91 Å².